The third kappa shape index (κ3) is 12.4. The summed E-state index contributed by atoms with van der Waals surface area (Å²) in [6.45, 7) is 5.90. The molecule has 0 aliphatic heterocycles. The van der Waals surface area contributed by atoms with Gasteiger partial charge in [0, 0.05) is 12.2 Å². The summed E-state index contributed by atoms with van der Waals surface area (Å²) in [6.07, 6.45) is 4.47. The molecule has 2 amide bonds. The van der Waals surface area contributed by atoms with Gasteiger partial charge in [0.15, 0.2) is 6.04 Å². The number of carbonyl (C=O) groups is 4. The fourth-order valence-electron chi connectivity index (χ4n) is 3.33. The minimum absolute atomic E-state index is 0.0368. The molecule has 10 heteroatoms. The van der Waals surface area contributed by atoms with Gasteiger partial charge < -0.3 is 25.8 Å². The van der Waals surface area contributed by atoms with Crippen LogP contribution in [-0.4, -0.2) is 60.6 Å². The van der Waals surface area contributed by atoms with Gasteiger partial charge in [-0.1, -0.05) is 56.5 Å². The Labute approximate surface area is 218 Å². The molecule has 0 aliphatic carbocycles. The van der Waals surface area contributed by atoms with Crippen molar-refractivity contribution in [2.45, 2.75) is 77.4 Å². The van der Waals surface area contributed by atoms with Crippen LogP contribution in [0.25, 0.3) is 0 Å². The molecule has 36 heavy (non-hydrogen) atoms. The van der Waals surface area contributed by atoms with E-state index < -0.39 is 41.9 Å². The first-order chi connectivity index (χ1) is 17.3. The van der Waals surface area contributed by atoms with E-state index in [1.165, 1.54) is 0 Å². The molecule has 0 bridgehead atoms. The molecule has 4 N–H and O–H groups in total. The maximum atomic E-state index is 13.2. The van der Waals surface area contributed by atoms with E-state index in [-0.39, 0.29) is 26.1 Å². The summed E-state index contributed by atoms with van der Waals surface area (Å²) in [5.41, 5.74) is 6.37. The maximum absolute atomic E-state index is 13.2. The molecule has 9 nitrogen and oxygen atoms in total. The third-order valence-electron chi connectivity index (χ3n) is 5.29. The Kier molecular flexibility index (Phi) is 16.3. The van der Waals surface area contributed by atoms with E-state index in [1.807, 2.05) is 6.07 Å². The van der Waals surface area contributed by atoms with Crippen LogP contribution in [0.5, 0.6) is 0 Å². The van der Waals surface area contributed by atoms with Gasteiger partial charge in [0.1, 0.15) is 12.1 Å². The van der Waals surface area contributed by atoms with Gasteiger partial charge in [0.2, 0.25) is 11.8 Å². The number of hydrogen-bond acceptors (Lipinski definition) is 8. The highest BCUT2D eigenvalue weighted by Crippen LogP contribution is 2.16. The highest BCUT2D eigenvalue weighted by atomic mass is 32.2. The van der Waals surface area contributed by atoms with Gasteiger partial charge in [-0.15, -0.1) is 0 Å². The van der Waals surface area contributed by atoms with Crippen LogP contribution in [-0.2, 0) is 28.7 Å². The Morgan fingerprint density at radius 1 is 0.917 bits per heavy atom. The monoisotopic (exact) mass is 523 g/mol. The van der Waals surface area contributed by atoms with E-state index >= 15 is 0 Å². The van der Waals surface area contributed by atoms with Gasteiger partial charge in [-0.3, -0.25) is 14.4 Å². The Morgan fingerprint density at radius 3 is 2.22 bits per heavy atom. The predicted octanol–water partition coefficient (Wildman–Crippen LogP) is 2.88. The number of rotatable bonds is 18. The largest absolute Gasteiger partial charge is 0.465 e. The Morgan fingerprint density at radius 2 is 1.58 bits per heavy atom. The van der Waals surface area contributed by atoms with Crippen molar-refractivity contribution >= 4 is 35.5 Å². The molecule has 202 valence electrons. The van der Waals surface area contributed by atoms with Crippen molar-refractivity contribution < 1.29 is 28.7 Å². The first-order valence-corrected chi connectivity index (χ1v) is 13.8. The quantitative estimate of drug-likeness (QED) is 0.197. The topological polar surface area (TPSA) is 137 Å². The first kappa shape index (κ1) is 31.4. The molecule has 3 unspecified atom stereocenters. The lowest BCUT2D eigenvalue weighted by atomic mass is 10.1. The van der Waals surface area contributed by atoms with Gasteiger partial charge in [-0.2, -0.15) is 11.8 Å². The van der Waals surface area contributed by atoms with Crippen LogP contribution in [0.4, 0.5) is 0 Å². The Hall–Kier alpha value is -2.59. The molecular formula is C26H41N3O6S. The fraction of sp³-hybridized carbons (Fsp3) is 0.615. The van der Waals surface area contributed by atoms with Crippen molar-refractivity contribution in [3.63, 3.8) is 0 Å². The molecule has 0 spiro atoms. The van der Waals surface area contributed by atoms with Crippen molar-refractivity contribution in [3.05, 3.63) is 35.9 Å². The predicted molar refractivity (Wildman–Crippen MR) is 141 cm³/mol. The number of benzene rings is 1. The van der Waals surface area contributed by atoms with Crippen LogP contribution < -0.4 is 16.4 Å². The first-order valence-electron chi connectivity index (χ1n) is 12.6. The molecule has 0 aliphatic rings. The molecule has 0 aromatic heterocycles. The van der Waals surface area contributed by atoms with Gasteiger partial charge in [0.05, 0.1) is 13.2 Å². The number of ether oxygens (including phenoxy) is 2. The number of nitrogens with two attached hydrogens (primary N) is 1. The molecule has 3 atom stereocenters. The molecule has 0 fully saturated rings. The second-order valence-corrected chi connectivity index (χ2v) is 9.41. The second-order valence-electron chi connectivity index (χ2n) is 8.26. The normalized spacial score (nSPS) is 13.2. The fourth-order valence-corrected chi connectivity index (χ4v) is 4.37. The van der Waals surface area contributed by atoms with E-state index in [0.717, 1.165) is 31.4 Å². The Bertz CT molecular complexity index is 808. The standard InChI is InChI=1S/C26H41N3O6S/c1-4-7-8-12-17-36-18-21(28-22(30)16-15-20(27)25(32)34-5-2)24(31)29-23(26(33)35-6-3)19-13-10-9-11-14-19/h9-11,13-14,20-21,23H,4-8,12,15-18,27H2,1-3H3,(H,28,30)(H,29,31). The minimum Gasteiger partial charge on any atom is -0.465 e. The number of nitrogens with one attached hydrogen (secondary N) is 2. The number of esters is 2. The van der Waals surface area contributed by atoms with Gasteiger partial charge in [-0.25, -0.2) is 4.79 Å². The summed E-state index contributed by atoms with van der Waals surface area (Å²) in [5, 5.41) is 5.49. The lowest BCUT2D eigenvalue weighted by molar-refractivity contribution is -0.147. The smallest absolute Gasteiger partial charge is 0.333 e. The molecular weight excluding hydrogens is 482 g/mol. The Balaban J connectivity index is 2.86. The van der Waals surface area contributed by atoms with Crippen LogP contribution in [0.15, 0.2) is 30.3 Å². The lowest BCUT2D eigenvalue weighted by Crippen LogP contribution is -2.50. The minimum atomic E-state index is -0.996. The molecule has 1 aromatic carbocycles. The van der Waals surface area contributed by atoms with Crippen molar-refractivity contribution in [1.29, 1.82) is 0 Å². The zero-order valence-corrected chi connectivity index (χ0v) is 22.4. The SMILES string of the molecule is CCCCCCSCC(NC(=O)CCC(N)C(=O)OCC)C(=O)NC(C(=O)OCC)c1ccccc1. The number of thioether (sulfide) groups is 1. The van der Waals surface area contributed by atoms with Crippen LogP contribution in [0.2, 0.25) is 0 Å². The average molecular weight is 524 g/mol. The summed E-state index contributed by atoms with van der Waals surface area (Å²) < 4.78 is 10.0. The molecule has 0 radical (unpaired) electrons. The molecule has 1 aromatic rings. The van der Waals surface area contributed by atoms with Crippen molar-refractivity contribution in [1.82, 2.24) is 10.6 Å². The van der Waals surface area contributed by atoms with E-state index in [1.54, 1.807) is 49.9 Å². The zero-order valence-electron chi connectivity index (χ0n) is 21.6. The lowest BCUT2D eigenvalue weighted by Gasteiger charge is -2.23. The van der Waals surface area contributed by atoms with E-state index in [4.69, 9.17) is 15.2 Å². The van der Waals surface area contributed by atoms with Gasteiger partial charge in [-0.05, 0) is 38.0 Å². The maximum Gasteiger partial charge on any atom is 0.333 e. The molecule has 1 rings (SSSR count). The van der Waals surface area contributed by atoms with E-state index in [9.17, 15) is 19.2 Å². The van der Waals surface area contributed by atoms with E-state index in [0.29, 0.717) is 11.3 Å². The number of unbranched alkanes of at least 4 members (excludes halogenated alkanes) is 3. The van der Waals surface area contributed by atoms with Gasteiger partial charge in [0.25, 0.3) is 0 Å². The average Bonchev–Trinajstić information content (AvgIpc) is 2.87. The zero-order chi connectivity index (χ0) is 26.8. The third-order valence-corrected chi connectivity index (χ3v) is 6.44. The second kappa shape index (κ2) is 18.6. The number of carbonyl (C=O) groups excluding carboxylic acids is 4. The molecule has 0 saturated heterocycles. The van der Waals surface area contributed by atoms with Crippen LogP contribution in [0.3, 0.4) is 0 Å². The van der Waals surface area contributed by atoms with Crippen LogP contribution in [0, 0.1) is 0 Å². The summed E-state index contributed by atoms with van der Waals surface area (Å²) >= 11 is 1.57. The molecule has 0 saturated carbocycles. The highest BCUT2D eigenvalue weighted by molar-refractivity contribution is 7.99. The number of amides is 2. The van der Waals surface area contributed by atoms with Crippen LogP contribution in [0.1, 0.15) is 70.9 Å². The van der Waals surface area contributed by atoms with Crippen LogP contribution >= 0.6 is 11.8 Å². The molecule has 0 heterocycles. The summed E-state index contributed by atoms with van der Waals surface area (Å²) in [4.78, 5) is 50.1. The summed E-state index contributed by atoms with van der Waals surface area (Å²) in [7, 11) is 0. The van der Waals surface area contributed by atoms with Crippen molar-refractivity contribution in [2.75, 3.05) is 24.7 Å². The number of hydrogen-bond donors (Lipinski definition) is 3. The van der Waals surface area contributed by atoms with Crippen molar-refractivity contribution in [3.8, 4) is 0 Å². The summed E-state index contributed by atoms with van der Waals surface area (Å²) in [5.74, 6) is -0.835. The van der Waals surface area contributed by atoms with Gasteiger partial charge >= 0.3 is 11.9 Å². The van der Waals surface area contributed by atoms with E-state index in [2.05, 4.69) is 17.6 Å². The highest BCUT2D eigenvalue weighted by Gasteiger charge is 2.29. The van der Waals surface area contributed by atoms with Crippen molar-refractivity contribution in [2.24, 2.45) is 5.73 Å². The summed E-state index contributed by atoms with van der Waals surface area (Å²) in [6, 6.07) is 6.04.